The van der Waals surface area contributed by atoms with Gasteiger partial charge in [0.1, 0.15) is 0 Å². The number of nitrogens with one attached hydrogen (secondary N) is 2. The molecule has 1 amide bonds. The molecule has 2 N–H and O–H groups in total. The van der Waals surface area contributed by atoms with Crippen molar-refractivity contribution in [3.63, 3.8) is 0 Å². The predicted molar refractivity (Wildman–Crippen MR) is 47.7 cm³/mol. The average Bonchev–Trinajstić information content (AvgIpc) is 2.18. The standard InChI is InChI=1S/C9H9N3O/c1-11-12-9(13)8-4-2-7(6-10)3-5-8/h2-5,11H,1H3,(H,12,13). The first kappa shape index (κ1) is 9.23. The van der Waals surface area contributed by atoms with Crippen molar-refractivity contribution >= 4 is 5.91 Å². The maximum absolute atomic E-state index is 11.2. The average molecular weight is 175 g/mol. The molecule has 0 atom stereocenters. The van der Waals surface area contributed by atoms with E-state index in [-0.39, 0.29) is 5.91 Å². The second-order valence-electron chi connectivity index (χ2n) is 2.39. The highest BCUT2D eigenvalue weighted by atomic mass is 16.2. The van der Waals surface area contributed by atoms with Gasteiger partial charge in [-0.05, 0) is 24.3 Å². The Morgan fingerprint density at radius 3 is 2.46 bits per heavy atom. The topological polar surface area (TPSA) is 64.9 Å². The number of nitriles is 1. The van der Waals surface area contributed by atoms with E-state index in [0.29, 0.717) is 11.1 Å². The quantitative estimate of drug-likeness (QED) is 0.640. The lowest BCUT2D eigenvalue weighted by Gasteiger charge is -2.01. The Balaban J connectivity index is 2.81. The van der Waals surface area contributed by atoms with Gasteiger partial charge in [0.2, 0.25) is 0 Å². The van der Waals surface area contributed by atoms with E-state index in [9.17, 15) is 4.79 Å². The lowest BCUT2D eigenvalue weighted by Crippen LogP contribution is -2.34. The van der Waals surface area contributed by atoms with Crippen LogP contribution in [0.15, 0.2) is 24.3 Å². The highest BCUT2D eigenvalue weighted by Crippen LogP contribution is 2.02. The molecule has 1 aromatic rings. The lowest BCUT2D eigenvalue weighted by atomic mass is 10.1. The maximum Gasteiger partial charge on any atom is 0.265 e. The Kier molecular flexibility index (Phi) is 3.01. The molecule has 0 saturated carbocycles. The van der Waals surface area contributed by atoms with Gasteiger partial charge in [-0.25, -0.2) is 5.43 Å². The van der Waals surface area contributed by atoms with Gasteiger partial charge in [-0.3, -0.25) is 10.2 Å². The van der Waals surface area contributed by atoms with E-state index in [0.717, 1.165) is 0 Å². The molecule has 0 aliphatic rings. The summed E-state index contributed by atoms with van der Waals surface area (Å²) in [5.41, 5.74) is 6.02. The second kappa shape index (κ2) is 4.24. The van der Waals surface area contributed by atoms with E-state index in [2.05, 4.69) is 10.9 Å². The molecule has 0 bridgehead atoms. The first-order chi connectivity index (χ1) is 6.27. The Morgan fingerprint density at radius 1 is 1.38 bits per heavy atom. The summed E-state index contributed by atoms with van der Waals surface area (Å²) in [6, 6.07) is 8.39. The molecule has 0 aliphatic carbocycles. The molecule has 0 radical (unpaired) electrons. The van der Waals surface area contributed by atoms with Crippen LogP contribution in [0, 0.1) is 11.3 Å². The molecular weight excluding hydrogens is 166 g/mol. The summed E-state index contributed by atoms with van der Waals surface area (Å²) in [6.07, 6.45) is 0. The zero-order valence-corrected chi connectivity index (χ0v) is 7.16. The van der Waals surface area contributed by atoms with Crippen LogP contribution in [0.3, 0.4) is 0 Å². The zero-order chi connectivity index (χ0) is 9.68. The molecular formula is C9H9N3O. The summed E-state index contributed by atoms with van der Waals surface area (Å²) < 4.78 is 0. The molecule has 1 rings (SSSR count). The lowest BCUT2D eigenvalue weighted by molar-refractivity contribution is 0.0938. The molecule has 66 valence electrons. The summed E-state index contributed by atoms with van der Waals surface area (Å²) >= 11 is 0. The minimum atomic E-state index is -0.216. The van der Waals surface area contributed by atoms with E-state index in [1.54, 1.807) is 31.3 Å². The van der Waals surface area contributed by atoms with Gasteiger partial charge in [-0.2, -0.15) is 5.26 Å². The van der Waals surface area contributed by atoms with Crippen molar-refractivity contribution in [3.8, 4) is 6.07 Å². The number of nitrogens with zero attached hydrogens (tertiary/aromatic N) is 1. The fourth-order valence-corrected chi connectivity index (χ4v) is 0.882. The van der Waals surface area contributed by atoms with E-state index >= 15 is 0 Å². The molecule has 0 fully saturated rings. The van der Waals surface area contributed by atoms with E-state index < -0.39 is 0 Å². The molecule has 0 spiro atoms. The Hall–Kier alpha value is -1.86. The molecule has 0 aromatic heterocycles. The number of amides is 1. The third-order valence-electron chi connectivity index (χ3n) is 1.51. The minimum Gasteiger partial charge on any atom is -0.288 e. The monoisotopic (exact) mass is 175 g/mol. The van der Waals surface area contributed by atoms with Crippen molar-refractivity contribution in [1.29, 1.82) is 5.26 Å². The van der Waals surface area contributed by atoms with Gasteiger partial charge in [-0.15, -0.1) is 0 Å². The third kappa shape index (κ3) is 2.29. The largest absolute Gasteiger partial charge is 0.288 e. The summed E-state index contributed by atoms with van der Waals surface area (Å²) in [5, 5.41) is 8.51. The van der Waals surface area contributed by atoms with Crippen molar-refractivity contribution < 1.29 is 4.79 Å². The first-order valence-electron chi connectivity index (χ1n) is 3.75. The molecule has 4 heteroatoms. The number of hydrogen-bond acceptors (Lipinski definition) is 3. The van der Waals surface area contributed by atoms with E-state index in [1.807, 2.05) is 6.07 Å². The zero-order valence-electron chi connectivity index (χ0n) is 7.16. The smallest absolute Gasteiger partial charge is 0.265 e. The number of benzene rings is 1. The Bertz CT molecular complexity index is 337. The van der Waals surface area contributed by atoms with Crippen LogP contribution in [0.4, 0.5) is 0 Å². The number of hydrogen-bond donors (Lipinski definition) is 2. The Labute approximate surface area is 76.2 Å². The summed E-state index contributed by atoms with van der Waals surface area (Å²) in [4.78, 5) is 11.2. The molecule has 0 saturated heterocycles. The number of hydrazine groups is 1. The van der Waals surface area contributed by atoms with Crippen LogP contribution >= 0.6 is 0 Å². The van der Waals surface area contributed by atoms with Gasteiger partial charge in [-0.1, -0.05) is 0 Å². The van der Waals surface area contributed by atoms with Gasteiger partial charge in [0.15, 0.2) is 0 Å². The van der Waals surface area contributed by atoms with Crippen LogP contribution in [0.2, 0.25) is 0 Å². The van der Waals surface area contributed by atoms with Gasteiger partial charge in [0.05, 0.1) is 11.6 Å². The van der Waals surface area contributed by atoms with Gasteiger partial charge in [0.25, 0.3) is 5.91 Å². The van der Waals surface area contributed by atoms with Crippen molar-refractivity contribution in [2.24, 2.45) is 0 Å². The van der Waals surface area contributed by atoms with Crippen LogP contribution in [-0.2, 0) is 0 Å². The number of carbonyl (C=O) groups excluding carboxylic acids is 1. The molecule has 0 unspecified atom stereocenters. The fourth-order valence-electron chi connectivity index (χ4n) is 0.882. The molecule has 4 nitrogen and oxygen atoms in total. The third-order valence-corrected chi connectivity index (χ3v) is 1.51. The highest BCUT2D eigenvalue weighted by molar-refractivity contribution is 5.93. The maximum atomic E-state index is 11.2. The first-order valence-corrected chi connectivity index (χ1v) is 3.75. The van der Waals surface area contributed by atoms with Crippen LogP contribution in [-0.4, -0.2) is 13.0 Å². The highest BCUT2D eigenvalue weighted by Gasteiger charge is 2.02. The van der Waals surface area contributed by atoms with Gasteiger partial charge < -0.3 is 0 Å². The van der Waals surface area contributed by atoms with E-state index in [4.69, 9.17) is 5.26 Å². The molecule has 0 aliphatic heterocycles. The van der Waals surface area contributed by atoms with Gasteiger partial charge in [0, 0.05) is 12.6 Å². The van der Waals surface area contributed by atoms with Crippen molar-refractivity contribution in [2.75, 3.05) is 7.05 Å². The van der Waals surface area contributed by atoms with Crippen molar-refractivity contribution in [1.82, 2.24) is 10.9 Å². The Morgan fingerprint density at radius 2 is 2.00 bits per heavy atom. The summed E-state index contributed by atoms with van der Waals surface area (Å²) in [7, 11) is 1.61. The van der Waals surface area contributed by atoms with Gasteiger partial charge >= 0.3 is 0 Å². The molecule has 0 heterocycles. The second-order valence-corrected chi connectivity index (χ2v) is 2.39. The number of carbonyl (C=O) groups is 1. The summed E-state index contributed by atoms with van der Waals surface area (Å²) in [5.74, 6) is -0.216. The minimum absolute atomic E-state index is 0.216. The van der Waals surface area contributed by atoms with E-state index in [1.165, 1.54) is 0 Å². The fraction of sp³-hybridized carbons (Fsp3) is 0.111. The van der Waals surface area contributed by atoms with Crippen LogP contribution < -0.4 is 10.9 Å². The van der Waals surface area contributed by atoms with Crippen molar-refractivity contribution in [3.05, 3.63) is 35.4 Å². The molecule has 13 heavy (non-hydrogen) atoms. The SMILES string of the molecule is CNNC(=O)c1ccc(C#N)cc1. The van der Waals surface area contributed by atoms with Crippen molar-refractivity contribution in [2.45, 2.75) is 0 Å². The van der Waals surface area contributed by atoms with Crippen LogP contribution in [0.5, 0.6) is 0 Å². The normalized spacial score (nSPS) is 8.92. The van der Waals surface area contributed by atoms with Crippen LogP contribution in [0.25, 0.3) is 0 Å². The molecule has 1 aromatic carbocycles. The summed E-state index contributed by atoms with van der Waals surface area (Å²) in [6.45, 7) is 0. The van der Waals surface area contributed by atoms with Crippen LogP contribution in [0.1, 0.15) is 15.9 Å². The number of rotatable bonds is 2. The predicted octanol–water partition coefficient (Wildman–Crippen LogP) is 0.422.